The van der Waals surface area contributed by atoms with Gasteiger partial charge in [0.25, 0.3) is 5.91 Å². The highest BCUT2D eigenvalue weighted by Crippen LogP contribution is 2.39. The Labute approximate surface area is 212 Å². The molecule has 168 valence electrons. The Morgan fingerprint density at radius 3 is 2.29 bits per heavy atom. The van der Waals surface area contributed by atoms with Crippen LogP contribution >= 0.6 is 35.6 Å². The van der Waals surface area contributed by atoms with Gasteiger partial charge in [0.15, 0.2) is 0 Å². The zero-order valence-corrected chi connectivity index (χ0v) is 20.6. The lowest BCUT2D eigenvalue weighted by Crippen LogP contribution is -2.30. The molecule has 1 saturated heterocycles. The Morgan fingerprint density at radius 1 is 0.971 bits per heavy atom. The van der Waals surface area contributed by atoms with Crippen molar-refractivity contribution in [3.63, 3.8) is 0 Å². The topological polar surface area (TPSA) is 38.1 Å². The molecule has 2 heterocycles. The zero-order chi connectivity index (χ0) is 23.7. The van der Waals surface area contributed by atoms with E-state index in [-0.39, 0.29) is 11.9 Å². The molecule has 1 aliphatic heterocycles. The maximum Gasteiger partial charge on any atom is 0.266 e. The van der Waals surface area contributed by atoms with Gasteiger partial charge in [-0.05, 0) is 42.8 Å². The Balaban J connectivity index is 1.54. The predicted molar refractivity (Wildman–Crippen MR) is 144 cm³/mol. The lowest BCUT2D eigenvalue weighted by Gasteiger charge is -2.23. The molecular formula is C27H20ClN3OS2. The summed E-state index contributed by atoms with van der Waals surface area (Å²) in [6.07, 6.45) is 3.82. The van der Waals surface area contributed by atoms with Crippen LogP contribution in [0.2, 0.25) is 5.02 Å². The minimum atomic E-state index is -0.151. The number of thiocarbonyl (C=S) groups is 1. The van der Waals surface area contributed by atoms with Crippen molar-refractivity contribution in [1.29, 1.82) is 0 Å². The highest BCUT2D eigenvalue weighted by atomic mass is 35.5. The van der Waals surface area contributed by atoms with Gasteiger partial charge in [-0.15, -0.1) is 0 Å². The first-order chi connectivity index (χ1) is 16.5. The van der Waals surface area contributed by atoms with E-state index in [1.807, 2.05) is 109 Å². The van der Waals surface area contributed by atoms with Crippen LogP contribution in [0.25, 0.3) is 23.0 Å². The lowest BCUT2D eigenvalue weighted by atomic mass is 10.1. The maximum atomic E-state index is 13.4. The van der Waals surface area contributed by atoms with Gasteiger partial charge in [-0.2, -0.15) is 5.10 Å². The fourth-order valence-corrected chi connectivity index (χ4v) is 5.41. The van der Waals surface area contributed by atoms with Gasteiger partial charge in [0, 0.05) is 22.3 Å². The first kappa shape index (κ1) is 22.6. The second-order valence-electron chi connectivity index (χ2n) is 7.86. The standard InChI is InChI=1S/C27H20ClN3OS2/c1-18(19-8-4-2-5-9-19)31-26(32)24(34-27(31)33)16-21-17-30(23-10-6-3-7-11-23)29-25(21)20-12-14-22(28)15-13-20/h2-18H,1H3. The first-order valence-corrected chi connectivity index (χ1v) is 12.3. The van der Waals surface area contributed by atoms with Crippen LogP contribution in [-0.4, -0.2) is 24.9 Å². The molecule has 1 unspecified atom stereocenters. The first-order valence-electron chi connectivity index (χ1n) is 10.7. The zero-order valence-electron chi connectivity index (χ0n) is 18.3. The summed E-state index contributed by atoms with van der Waals surface area (Å²) in [5.74, 6) is -0.0964. The van der Waals surface area contributed by atoms with Gasteiger partial charge in [-0.3, -0.25) is 9.69 Å². The average Bonchev–Trinajstić information content (AvgIpc) is 3.41. The third-order valence-corrected chi connectivity index (χ3v) is 7.24. The number of para-hydroxylation sites is 1. The number of hydrogen-bond donors (Lipinski definition) is 0. The minimum absolute atomic E-state index is 0.0964. The van der Waals surface area contributed by atoms with E-state index in [1.165, 1.54) is 11.8 Å². The highest BCUT2D eigenvalue weighted by molar-refractivity contribution is 8.26. The summed E-state index contributed by atoms with van der Waals surface area (Å²) in [5, 5.41) is 5.49. The largest absolute Gasteiger partial charge is 0.286 e. The monoisotopic (exact) mass is 501 g/mol. The van der Waals surface area contributed by atoms with Crippen molar-refractivity contribution >= 4 is 51.9 Å². The number of hydrogen-bond acceptors (Lipinski definition) is 4. The molecule has 7 heteroatoms. The molecule has 1 fully saturated rings. The van der Waals surface area contributed by atoms with E-state index >= 15 is 0 Å². The second kappa shape index (κ2) is 9.58. The van der Waals surface area contributed by atoms with Gasteiger partial charge in [-0.25, -0.2) is 4.68 Å². The van der Waals surface area contributed by atoms with Crippen molar-refractivity contribution in [1.82, 2.24) is 14.7 Å². The van der Waals surface area contributed by atoms with E-state index in [4.69, 9.17) is 28.9 Å². The van der Waals surface area contributed by atoms with Gasteiger partial charge in [-0.1, -0.05) is 96.2 Å². The van der Waals surface area contributed by atoms with Crippen molar-refractivity contribution in [2.75, 3.05) is 0 Å². The highest BCUT2D eigenvalue weighted by Gasteiger charge is 2.36. The van der Waals surface area contributed by atoms with Gasteiger partial charge in [0.05, 0.1) is 22.3 Å². The van der Waals surface area contributed by atoms with Gasteiger partial charge in [0.1, 0.15) is 4.32 Å². The number of benzene rings is 3. The predicted octanol–water partition coefficient (Wildman–Crippen LogP) is 7.16. The maximum absolute atomic E-state index is 13.4. The molecule has 0 spiro atoms. The number of rotatable bonds is 5. The van der Waals surface area contributed by atoms with E-state index < -0.39 is 0 Å². The van der Waals surface area contributed by atoms with Crippen LogP contribution in [0.15, 0.2) is 96.0 Å². The molecule has 1 aliphatic rings. The smallest absolute Gasteiger partial charge is 0.266 e. The molecule has 1 amide bonds. The van der Waals surface area contributed by atoms with Crippen LogP contribution in [0, 0.1) is 0 Å². The number of carbonyl (C=O) groups excluding carboxylic acids is 1. The summed E-state index contributed by atoms with van der Waals surface area (Å²) in [6, 6.07) is 27.2. The van der Waals surface area contributed by atoms with Gasteiger partial charge < -0.3 is 0 Å². The van der Waals surface area contributed by atoms with E-state index in [0.29, 0.717) is 14.2 Å². The number of carbonyl (C=O) groups is 1. The van der Waals surface area contributed by atoms with Crippen LogP contribution < -0.4 is 0 Å². The molecule has 1 aromatic heterocycles. The summed E-state index contributed by atoms with van der Waals surface area (Å²) >= 11 is 13.0. The number of thioether (sulfide) groups is 1. The quantitative estimate of drug-likeness (QED) is 0.215. The van der Waals surface area contributed by atoms with Crippen molar-refractivity contribution < 1.29 is 4.79 Å². The van der Waals surface area contributed by atoms with Crippen LogP contribution in [0.3, 0.4) is 0 Å². The Morgan fingerprint density at radius 2 is 1.62 bits per heavy atom. The fraction of sp³-hybridized carbons (Fsp3) is 0.0741. The van der Waals surface area contributed by atoms with Gasteiger partial charge in [0.2, 0.25) is 0 Å². The number of amides is 1. The Hall–Kier alpha value is -3.19. The molecule has 0 bridgehead atoms. The second-order valence-corrected chi connectivity index (χ2v) is 9.97. The molecule has 0 N–H and O–H groups in total. The molecule has 4 aromatic rings. The molecular weight excluding hydrogens is 482 g/mol. The van der Waals surface area contributed by atoms with Crippen molar-refractivity contribution in [3.8, 4) is 16.9 Å². The Kier molecular flexibility index (Phi) is 6.37. The molecule has 3 aromatic carbocycles. The molecule has 5 rings (SSSR count). The molecule has 1 atom stereocenters. The lowest BCUT2D eigenvalue weighted by molar-refractivity contribution is -0.123. The van der Waals surface area contributed by atoms with E-state index in [2.05, 4.69) is 0 Å². The SMILES string of the molecule is CC(c1ccccc1)N1C(=O)C(=Cc2cn(-c3ccccc3)nc2-c2ccc(Cl)cc2)SC1=S. The molecule has 34 heavy (non-hydrogen) atoms. The third kappa shape index (κ3) is 4.44. The average molecular weight is 502 g/mol. The number of halogens is 1. The molecule has 4 nitrogen and oxygen atoms in total. The van der Waals surface area contributed by atoms with Crippen molar-refractivity contribution in [3.05, 3.63) is 112 Å². The third-order valence-electron chi connectivity index (χ3n) is 5.66. The fourth-order valence-electron chi connectivity index (χ4n) is 3.87. The summed E-state index contributed by atoms with van der Waals surface area (Å²) in [5.41, 5.74) is 4.49. The van der Waals surface area contributed by atoms with Crippen LogP contribution in [0.5, 0.6) is 0 Å². The summed E-state index contributed by atoms with van der Waals surface area (Å²) < 4.78 is 2.37. The molecule has 0 aliphatic carbocycles. The van der Waals surface area contributed by atoms with Crippen LogP contribution in [-0.2, 0) is 4.79 Å². The summed E-state index contributed by atoms with van der Waals surface area (Å²) in [7, 11) is 0. The summed E-state index contributed by atoms with van der Waals surface area (Å²) in [6.45, 7) is 2.00. The minimum Gasteiger partial charge on any atom is -0.286 e. The Bertz CT molecular complexity index is 1380. The number of aromatic nitrogens is 2. The van der Waals surface area contributed by atoms with E-state index in [1.54, 1.807) is 4.90 Å². The normalized spacial score (nSPS) is 15.8. The van der Waals surface area contributed by atoms with Crippen molar-refractivity contribution in [2.45, 2.75) is 13.0 Å². The molecule has 0 saturated carbocycles. The van der Waals surface area contributed by atoms with Crippen molar-refractivity contribution in [2.24, 2.45) is 0 Å². The summed E-state index contributed by atoms with van der Waals surface area (Å²) in [4.78, 5) is 15.7. The van der Waals surface area contributed by atoms with Crippen LogP contribution in [0.4, 0.5) is 0 Å². The van der Waals surface area contributed by atoms with E-state index in [0.717, 1.165) is 28.1 Å². The van der Waals surface area contributed by atoms with Crippen LogP contribution in [0.1, 0.15) is 24.1 Å². The van der Waals surface area contributed by atoms with Gasteiger partial charge >= 0.3 is 0 Å². The van der Waals surface area contributed by atoms with E-state index in [9.17, 15) is 4.79 Å². The number of nitrogens with zero attached hydrogens (tertiary/aromatic N) is 3. The molecule has 0 radical (unpaired) electrons.